The van der Waals surface area contributed by atoms with E-state index in [-0.39, 0.29) is 12.0 Å². The summed E-state index contributed by atoms with van der Waals surface area (Å²) in [6.45, 7) is 8.03. The van der Waals surface area contributed by atoms with Crippen molar-refractivity contribution in [1.82, 2.24) is 0 Å². The fourth-order valence-electron chi connectivity index (χ4n) is 1.85. The monoisotopic (exact) mass is 188 g/mol. The van der Waals surface area contributed by atoms with Crippen molar-refractivity contribution in [3.05, 3.63) is 0 Å². The van der Waals surface area contributed by atoms with E-state index >= 15 is 0 Å². The van der Waals surface area contributed by atoms with E-state index in [9.17, 15) is 5.11 Å². The van der Waals surface area contributed by atoms with Crippen molar-refractivity contribution < 1.29 is 9.84 Å². The van der Waals surface area contributed by atoms with Crippen molar-refractivity contribution in [2.24, 2.45) is 5.41 Å². The van der Waals surface area contributed by atoms with Gasteiger partial charge in [-0.2, -0.15) is 0 Å². The Hall–Kier alpha value is -0.0800. The van der Waals surface area contributed by atoms with Gasteiger partial charge in [-0.1, -0.05) is 26.7 Å². The van der Waals surface area contributed by atoms with Gasteiger partial charge in [0.05, 0.1) is 13.2 Å². The number of hydrogen-bond acceptors (Lipinski definition) is 2. The second kappa shape index (κ2) is 7.34. The molecule has 1 N–H and O–H groups in total. The zero-order chi connectivity index (χ0) is 10.2. The first-order chi connectivity index (χ1) is 6.24. The molecule has 0 aromatic carbocycles. The third kappa shape index (κ3) is 4.63. The van der Waals surface area contributed by atoms with Gasteiger partial charge in [0.2, 0.25) is 0 Å². The predicted octanol–water partition coefficient (Wildman–Crippen LogP) is 2.60. The lowest BCUT2D eigenvalue weighted by Crippen LogP contribution is -2.31. The highest BCUT2D eigenvalue weighted by Gasteiger charge is 2.27. The molecule has 0 fully saturated rings. The molecule has 0 aliphatic heterocycles. The second-order valence-corrected chi connectivity index (χ2v) is 3.80. The van der Waals surface area contributed by atoms with Crippen LogP contribution in [0.4, 0.5) is 0 Å². The summed E-state index contributed by atoms with van der Waals surface area (Å²) in [6, 6.07) is 0. The fraction of sp³-hybridized carbons (Fsp3) is 1.00. The van der Waals surface area contributed by atoms with Crippen molar-refractivity contribution in [3.63, 3.8) is 0 Å². The van der Waals surface area contributed by atoms with Gasteiger partial charge in [-0.05, 0) is 19.8 Å². The Bertz CT molecular complexity index is 107. The molecule has 0 saturated heterocycles. The maximum Gasteiger partial charge on any atom is 0.0544 e. The summed E-state index contributed by atoms with van der Waals surface area (Å²) < 4.78 is 5.44. The van der Waals surface area contributed by atoms with E-state index in [1.807, 2.05) is 6.92 Å². The Morgan fingerprint density at radius 3 is 1.92 bits per heavy atom. The third-order valence-electron chi connectivity index (χ3n) is 2.51. The molecule has 0 aliphatic carbocycles. The standard InChI is InChI=1S/C11H24O2/c1-4-7-11(9-12,8-5-2)10-13-6-3/h12H,4-10H2,1-3H3. The Labute approximate surface area is 82.3 Å². The summed E-state index contributed by atoms with van der Waals surface area (Å²) in [5.41, 5.74) is 0.0273. The average molecular weight is 188 g/mol. The molecule has 0 aliphatic rings. The molecule has 0 aromatic heterocycles. The van der Waals surface area contributed by atoms with Gasteiger partial charge in [-0.3, -0.25) is 0 Å². The van der Waals surface area contributed by atoms with Crippen molar-refractivity contribution in [3.8, 4) is 0 Å². The smallest absolute Gasteiger partial charge is 0.0544 e. The predicted molar refractivity (Wildman–Crippen MR) is 55.8 cm³/mol. The highest BCUT2D eigenvalue weighted by Crippen LogP contribution is 2.29. The maximum atomic E-state index is 9.39. The van der Waals surface area contributed by atoms with Crippen LogP contribution in [0.2, 0.25) is 0 Å². The maximum absolute atomic E-state index is 9.39. The van der Waals surface area contributed by atoms with E-state index in [0.29, 0.717) is 6.61 Å². The third-order valence-corrected chi connectivity index (χ3v) is 2.51. The van der Waals surface area contributed by atoms with Gasteiger partial charge in [0.1, 0.15) is 0 Å². The van der Waals surface area contributed by atoms with Crippen LogP contribution in [0, 0.1) is 5.41 Å². The lowest BCUT2D eigenvalue weighted by Gasteiger charge is -2.30. The molecule has 0 saturated carbocycles. The minimum atomic E-state index is 0.0273. The average Bonchev–Trinajstić information content (AvgIpc) is 2.15. The van der Waals surface area contributed by atoms with Gasteiger partial charge in [0.15, 0.2) is 0 Å². The van der Waals surface area contributed by atoms with Crippen LogP contribution >= 0.6 is 0 Å². The second-order valence-electron chi connectivity index (χ2n) is 3.80. The quantitative estimate of drug-likeness (QED) is 0.634. The van der Waals surface area contributed by atoms with Crippen molar-refractivity contribution >= 4 is 0 Å². The number of ether oxygens (including phenoxy) is 1. The van der Waals surface area contributed by atoms with E-state index in [1.54, 1.807) is 0 Å². The van der Waals surface area contributed by atoms with Crippen LogP contribution in [0.5, 0.6) is 0 Å². The molecule has 0 rings (SSSR count). The first-order valence-corrected chi connectivity index (χ1v) is 5.43. The van der Waals surface area contributed by atoms with Crippen LogP contribution in [0.25, 0.3) is 0 Å². The first kappa shape index (κ1) is 12.9. The van der Waals surface area contributed by atoms with Gasteiger partial charge in [-0.25, -0.2) is 0 Å². The fourth-order valence-corrected chi connectivity index (χ4v) is 1.85. The minimum Gasteiger partial charge on any atom is -0.396 e. The molecule has 0 bridgehead atoms. The van der Waals surface area contributed by atoms with Crippen LogP contribution in [-0.4, -0.2) is 24.9 Å². The highest BCUT2D eigenvalue weighted by molar-refractivity contribution is 4.77. The molecule has 0 radical (unpaired) electrons. The Morgan fingerprint density at radius 1 is 1.08 bits per heavy atom. The molecule has 0 atom stereocenters. The van der Waals surface area contributed by atoms with Crippen molar-refractivity contribution in [2.75, 3.05) is 19.8 Å². The summed E-state index contributed by atoms with van der Waals surface area (Å²) in [5, 5.41) is 9.39. The number of rotatable bonds is 8. The Balaban J connectivity index is 4.07. The van der Waals surface area contributed by atoms with Gasteiger partial charge >= 0.3 is 0 Å². The van der Waals surface area contributed by atoms with E-state index in [4.69, 9.17) is 4.74 Å². The van der Waals surface area contributed by atoms with E-state index in [2.05, 4.69) is 13.8 Å². The first-order valence-electron chi connectivity index (χ1n) is 5.43. The van der Waals surface area contributed by atoms with Crippen molar-refractivity contribution in [1.29, 1.82) is 0 Å². The molecular weight excluding hydrogens is 164 g/mol. The Morgan fingerprint density at radius 2 is 1.62 bits per heavy atom. The molecule has 0 aromatic rings. The lowest BCUT2D eigenvalue weighted by atomic mass is 9.81. The Kier molecular flexibility index (Phi) is 7.29. The van der Waals surface area contributed by atoms with Crippen LogP contribution < -0.4 is 0 Å². The van der Waals surface area contributed by atoms with Crippen LogP contribution in [-0.2, 0) is 4.74 Å². The largest absolute Gasteiger partial charge is 0.396 e. The molecule has 0 spiro atoms. The molecule has 80 valence electrons. The van der Waals surface area contributed by atoms with Gasteiger partial charge in [-0.15, -0.1) is 0 Å². The summed E-state index contributed by atoms with van der Waals surface area (Å²) >= 11 is 0. The van der Waals surface area contributed by atoms with Crippen LogP contribution in [0.1, 0.15) is 46.5 Å². The summed E-state index contributed by atoms with van der Waals surface area (Å²) in [7, 11) is 0. The zero-order valence-electron chi connectivity index (χ0n) is 9.31. The highest BCUT2D eigenvalue weighted by atomic mass is 16.5. The zero-order valence-corrected chi connectivity index (χ0v) is 9.31. The van der Waals surface area contributed by atoms with Gasteiger partial charge in [0, 0.05) is 12.0 Å². The summed E-state index contributed by atoms with van der Waals surface area (Å²) in [6.07, 6.45) is 4.37. The molecule has 2 nitrogen and oxygen atoms in total. The number of hydrogen-bond donors (Lipinski definition) is 1. The minimum absolute atomic E-state index is 0.0273. The number of aliphatic hydroxyl groups excluding tert-OH is 1. The van der Waals surface area contributed by atoms with E-state index in [1.165, 1.54) is 0 Å². The molecule has 13 heavy (non-hydrogen) atoms. The summed E-state index contributed by atoms with van der Waals surface area (Å²) in [5.74, 6) is 0. The van der Waals surface area contributed by atoms with E-state index < -0.39 is 0 Å². The lowest BCUT2D eigenvalue weighted by molar-refractivity contribution is -0.00113. The normalized spacial score (nSPS) is 12.0. The van der Waals surface area contributed by atoms with Crippen molar-refractivity contribution in [2.45, 2.75) is 46.5 Å². The SMILES string of the molecule is CCCC(CO)(CCC)COCC. The molecule has 0 unspecified atom stereocenters. The number of aliphatic hydroxyl groups is 1. The van der Waals surface area contributed by atoms with Gasteiger partial charge in [0.25, 0.3) is 0 Å². The van der Waals surface area contributed by atoms with Crippen LogP contribution in [0.3, 0.4) is 0 Å². The molecule has 0 heterocycles. The molecule has 2 heteroatoms. The van der Waals surface area contributed by atoms with Crippen LogP contribution in [0.15, 0.2) is 0 Å². The van der Waals surface area contributed by atoms with Gasteiger partial charge < -0.3 is 9.84 Å². The topological polar surface area (TPSA) is 29.5 Å². The molecular formula is C11H24O2. The molecule has 0 amide bonds. The van der Waals surface area contributed by atoms with E-state index in [0.717, 1.165) is 32.3 Å². The summed E-state index contributed by atoms with van der Waals surface area (Å²) in [4.78, 5) is 0.